The molecule has 5 nitrogen and oxygen atoms in total. The lowest BCUT2D eigenvalue weighted by atomic mass is 10.1. The Morgan fingerprint density at radius 1 is 1.12 bits per heavy atom. The minimum atomic E-state index is -0.145. The highest BCUT2D eigenvalue weighted by atomic mass is 16.7. The maximum Gasteiger partial charge on any atom is 0.425 e. The van der Waals surface area contributed by atoms with Gasteiger partial charge in [-0.2, -0.15) is 0 Å². The lowest BCUT2D eigenvalue weighted by molar-refractivity contribution is -0.764. The fourth-order valence-corrected chi connectivity index (χ4v) is 2.26. The average Bonchev–Trinajstić information content (AvgIpc) is 2.55. The number of ether oxygens (including phenoxy) is 1. The molecule has 1 N–H and O–H groups in total. The number of carbonyl (C=O) groups is 1. The van der Waals surface area contributed by atoms with Crippen LogP contribution < -0.4 is 10.1 Å². The Morgan fingerprint density at radius 3 is 2.50 bits per heavy atom. The van der Waals surface area contributed by atoms with Crippen molar-refractivity contribution in [1.29, 1.82) is 0 Å². The molecular weight excluding hydrogens is 304 g/mol. The SMILES string of the molecule is CO/[N+](C)=C(/Oc1cc(C)ccc1C)c1ccccc1NC(C)=O. The molecular formula is C19H23N2O3+. The minimum absolute atomic E-state index is 0.145. The highest BCUT2D eigenvalue weighted by molar-refractivity contribution is 6.01. The Labute approximate surface area is 142 Å². The Hall–Kier alpha value is -2.82. The van der Waals surface area contributed by atoms with Crippen molar-refractivity contribution in [2.45, 2.75) is 20.8 Å². The molecule has 0 aromatic heterocycles. The van der Waals surface area contributed by atoms with Crippen molar-refractivity contribution in [3.05, 3.63) is 59.2 Å². The van der Waals surface area contributed by atoms with Crippen molar-refractivity contribution in [2.24, 2.45) is 0 Å². The number of carbonyl (C=O) groups excluding carboxylic acids is 1. The van der Waals surface area contributed by atoms with E-state index in [0.717, 1.165) is 22.4 Å². The maximum atomic E-state index is 11.5. The zero-order valence-electron chi connectivity index (χ0n) is 14.7. The average molecular weight is 327 g/mol. The predicted octanol–water partition coefficient (Wildman–Crippen LogP) is 3.29. The molecule has 0 bridgehead atoms. The summed E-state index contributed by atoms with van der Waals surface area (Å²) in [6.45, 7) is 5.47. The largest absolute Gasteiger partial charge is 0.425 e. The molecule has 0 spiro atoms. The number of hydrogen-bond acceptors (Lipinski definition) is 3. The van der Waals surface area contributed by atoms with E-state index in [2.05, 4.69) is 5.32 Å². The number of benzene rings is 2. The molecule has 0 fully saturated rings. The van der Waals surface area contributed by atoms with Gasteiger partial charge < -0.3 is 10.1 Å². The smallest absolute Gasteiger partial charge is 0.402 e. The summed E-state index contributed by atoms with van der Waals surface area (Å²) >= 11 is 0. The topological polar surface area (TPSA) is 50.6 Å². The second-order valence-electron chi connectivity index (χ2n) is 5.58. The van der Waals surface area contributed by atoms with Crippen LogP contribution in [0, 0.1) is 13.8 Å². The Bertz CT molecular complexity index is 782. The van der Waals surface area contributed by atoms with Crippen LogP contribution >= 0.6 is 0 Å². The van der Waals surface area contributed by atoms with E-state index >= 15 is 0 Å². The summed E-state index contributed by atoms with van der Waals surface area (Å²) in [5.41, 5.74) is 3.51. The van der Waals surface area contributed by atoms with E-state index in [-0.39, 0.29) is 5.91 Å². The van der Waals surface area contributed by atoms with E-state index < -0.39 is 0 Å². The summed E-state index contributed by atoms with van der Waals surface area (Å²) in [5, 5.41) is 2.82. The summed E-state index contributed by atoms with van der Waals surface area (Å²) < 4.78 is 7.68. The molecule has 2 rings (SSSR count). The number of hydrogen-bond donors (Lipinski definition) is 1. The quantitative estimate of drug-likeness (QED) is 0.406. The van der Waals surface area contributed by atoms with Crippen LogP contribution in [0.15, 0.2) is 42.5 Å². The van der Waals surface area contributed by atoms with Crippen molar-refractivity contribution < 1.29 is 19.1 Å². The second-order valence-corrected chi connectivity index (χ2v) is 5.58. The fraction of sp³-hybridized carbons (Fsp3) is 0.263. The Morgan fingerprint density at radius 2 is 1.83 bits per heavy atom. The van der Waals surface area contributed by atoms with Gasteiger partial charge in [-0.15, -0.1) is 0 Å². The first-order valence-corrected chi connectivity index (χ1v) is 7.69. The highest BCUT2D eigenvalue weighted by Gasteiger charge is 2.23. The fourth-order valence-electron chi connectivity index (χ4n) is 2.26. The molecule has 0 unspecified atom stereocenters. The Kier molecular flexibility index (Phi) is 5.58. The zero-order valence-corrected chi connectivity index (χ0v) is 14.7. The van der Waals surface area contributed by atoms with Gasteiger partial charge in [0.15, 0.2) is 7.05 Å². The zero-order chi connectivity index (χ0) is 17.7. The number of rotatable bonds is 4. The predicted molar refractivity (Wildman–Crippen MR) is 94.6 cm³/mol. The van der Waals surface area contributed by atoms with Gasteiger partial charge >= 0.3 is 5.90 Å². The molecule has 0 aliphatic heterocycles. The number of anilines is 1. The van der Waals surface area contributed by atoms with Crippen molar-refractivity contribution in [1.82, 2.24) is 0 Å². The number of para-hydroxylation sites is 1. The number of aryl methyl sites for hydroxylation is 2. The van der Waals surface area contributed by atoms with Gasteiger partial charge in [0.1, 0.15) is 18.4 Å². The molecule has 5 heteroatoms. The minimum Gasteiger partial charge on any atom is -0.402 e. The summed E-state index contributed by atoms with van der Waals surface area (Å²) in [4.78, 5) is 16.8. The lowest BCUT2D eigenvalue weighted by Gasteiger charge is -2.12. The van der Waals surface area contributed by atoms with Crippen molar-refractivity contribution in [2.75, 3.05) is 19.5 Å². The lowest BCUT2D eigenvalue weighted by Crippen LogP contribution is -2.25. The van der Waals surface area contributed by atoms with Gasteiger partial charge in [-0.25, -0.2) is 0 Å². The third-order valence-electron chi connectivity index (χ3n) is 3.58. The van der Waals surface area contributed by atoms with Gasteiger partial charge in [0, 0.05) is 11.7 Å². The highest BCUT2D eigenvalue weighted by Crippen LogP contribution is 2.23. The Balaban J connectivity index is 2.52. The number of hydroxylamine groups is 1. The number of nitrogens with zero attached hydrogens (tertiary/aromatic N) is 1. The molecule has 2 aromatic carbocycles. The third kappa shape index (κ3) is 4.13. The van der Waals surface area contributed by atoms with Crippen LogP contribution in [0.2, 0.25) is 0 Å². The van der Waals surface area contributed by atoms with Gasteiger partial charge in [0.2, 0.25) is 5.91 Å². The molecule has 126 valence electrons. The normalized spacial score (nSPS) is 11.5. The van der Waals surface area contributed by atoms with Crippen LogP contribution in [0.4, 0.5) is 5.69 Å². The van der Waals surface area contributed by atoms with Gasteiger partial charge in [-0.3, -0.25) is 9.63 Å². The number of amides is 1. The third-order valence-corrected chi connectivity index (χ3v) is 3.58. The summed E-state index contributed by atoms with van der Waals surface area (Å²) in [6, 6.07) is 13.5. The molecule has 0 radical (unpaired) electrons. The van der Waals surface area contributed by atoms with Crippen molar-refractivity contribution >= 4 is 17.5 Å². The van der Waals surface area contributed by atoms with Crippen LogP contribution in [-0.4, -0.2) is 30.7 Å². The summed E-state index contributed by atoms with van der Waals surface area (Å²) in [7, 11) is 3.32. The summed E-state index contributed by atoms with van der Waals surface area (Å²) in [6.07, 6.45) is 0. The molecule has 0 aliphatic rings. The van der Waals surface area contributed by atoms with E-state index in [4.69, 9.17) is 9.57 Å². The molecule has 0 saturated carbocycles. The first-order chi connectivity index (χ1) is 11.4. The van der Waals surface area contributed by atoms with E-state index in [1.54, 1.807) is 14.2 Å². The molecule has 0 atom stereocenters. The van der Waals surface area contributed by atoms with Crippen molar-refractivity contribution in [3.63, 3.8) is 0 Å². The maximum absolute atomic E-state index is 11.5. The monoisotopic (exact) mass is 327 g/mol. The molecule has 1 amide bonds. The van der Waals surface area contributed by atoms with Crippen LogP contribution in [0.5, 0.6) is 5.75 Å². The molecule has 0 aliphatic carbocycles. The van der Waals surface area contributed by atoms with Crippen LogP contribution in [0.25, 0.3) is 0 Å². The van der Waals surface area contributed by atoms with Crippen LogP contribution in [0.3, 0.4) is 0 Å². The van der Waals surface area contributed by atoms with Gasteiger partial charge in [-0.05, 0) is 43.2 Å². The standard InChI is InChI=1S/C19H22N2O3/c1-13-10-11-14(2)18(12-13)24-19(21(4)23-5)16-8-6-7-9-17(16)20-15(3)22/h6-12H,1-5H3/p+1. The van der Waals surface area contributed by atoms with Crippen LogP contribution in [-0.2, 0) is 9.63 Å². The van der Waals surface area contributed by atoms with Crippen LogP contribution in [0.1, 0.15) is 23.6 Å². The summed E-state index contributed by atoms with van der Waals surface area (Å²) in [5.74, 6) is 1.09. The van der Waals surface area contributed by atoms with E-state index in [0.29, 0.717) is 11.6 Å². The van der Waals surface area contributed by atoms with Gasteiger partial charge in [0.05, 0.1) is 5.69 Å². The van der Waals surface area contributed by atoms with E-state index in [1.807, 2.05) is 56.3 Å². The van der Waals surface area contributed by atoms with Gasteiger partial charge in [0.25, 0.3) is 0 Å². The van der Waals surface area contributed by atoms with Gasteiger partial charge in [-0.1, -0.05) is 24.3 Å². The van der Waals surface area contributed by atoms with Crippen molar-refractivity contribution in [3.8, 4) is 5.75 Å². The molecule has 0 heterocycles. The molecule has 0 saturated heterocycles. The second kappa shape index (κ2) is 7.64. The molecule has 24 heavy (non-hydrogen) atoms. The number of nitrogens with one attached hydrogen (secondary N) is 1. The van der Waals surface area contributed by atoms with E-state index in [9.17, 15) is 4.79 Å². The van der Waals surface area contributed by atoms with E-state index in [1.165, 1.54) is 11.7 Å². The first-order valence-electron chi connectivity index (χ1n) is 7.69. The molecule has 2 aromatic rings. The first kappa shape index (κ1) is 17.5.